The highest BCUT2D eigenvalue weighted by molar-refractivity contribution is 5.68. The van der Waals surface area contributed by atoms with Crippen LogP contribution in [0.25, 0.3) is 0 Å². The van der Waals surface area contributed by atoms with Crippen molar-refractivity contribution in [2.75, 3.05) is 5.73 Å². The van der Waals surface area contributed by atoms with Gasteiger partial charge in [-0.15, -0.1) is 0 Å². The van der Waals surface area contributed by atoms with Crippen LogP contribution < -0.4 is 11.1 Å². The molecule has 0 aliphatic heterocycles. The first-order chi connectivity index (χ1) is 10.7. The SMILES string of the molecule is CC(C)(C)OC(=O)N[C@@H]1CCC[C@H](c2cc(F)cc(F)c2N)C1. The minimum Gasteiger partial charge on any atom is -0.444 e. The van der Waals surface area contributed by atoms with Crippen molar-refractivity contribution in [3.8, 4) is 0 Å². The number of carbonyl (C=O) groups is 1. The van der Waals surface area contributed by atoms with Crippen LogP contribution in [0.15, 0.2) is 12.1 Å². The van der Waals surface area contributed by atoms with E-state index in [0.29, 0.717) is 12.0 Å². The van der Waals surface area contributed by atoms with Crippen molar-refractivity contribution in [1.29, 1.82) is 0 Å². The highest BCUT2D eigenvalue weighted by Gasteiger charge is 2.28. The van der Waals surface area contributed by atoms with Crippen molar-refractivity contribution in [2.45, 2.75) is 64.0 Å². The topological polar surface area (TPSA) is 64.3 Å². The van der Waals surface area contributed by atoms with E-state index in [1.54, 1.807) is 20.8 Å². The summed E-state index contributed by atoms with van der Waals surface area (Å²) in [6.07, 6.45) is 2.57. The number of carbonyl (C=O) groups excluding carboxylic acids is 1. The molecule has 1 aromatic rings. The molecule has 1 aliphatic carbocycles. The van der Waals surface area contributed by atoms with Gasteiger partial charge in [0, 0.05) is 12.1 Å². The molecular formula is C17H24F2N2O2. The minimum atomic E-state index is -0.734. The van der Waals surface area contributed by atoms with Crippen molar-refractivity contribution in [2.24, 2.45) is 0 Å². The highest BCUT2D eigenvalue weighted by atomic mass is 19.1. The maximum Gasteiger partial charge on any atom is 0.407 e. The Morgan fingerprint density at radius 2 is 2.00 bits per heavy atom. The maximum absolute atomic E-state index is 13.6. The molecule has 1 aromatic carbocycles. The summed E-state index contributed by atoms with van der Waals surface area (Å²) in [5.41, 5.74) is 5.68. The number of hydrogen-bond donors (Lipinski definition) is 2. The van der Waals surface area contributed by atoms with Crippen LogP contribution in [-0.2, 0) is 4.74 Å². The van der Waals surface area contributed by atoms with E-state index in [1.807, 2.05) is 0 Å². The number of alkyl carbamates (subject to hydrolysis) is 1. The van der Waals surface area contributed by atoms with Gasteiger partial charge in [0.15, 0.2) is 0 Å². The monoisotopic (exact) mass is 326 g/mol. The van der Waals surface area contributed by atoms with Crippen molar-refractivity contribution in [1.82, 2.24) is 5.32 Å². The lowest BCUT2D eigenvalue weighted by atomic mass is 9.80. The Morgan fingerprint density at radius 3 is 2.65 bits per heavy atom. The van der Waals surface area contributed by atoms with Crippen LogP contribution in [0.3, 0.4) is 0 Å². The van der Waals surface area contributed by atoms with Crippen LogP contribution in [0.5, 0.6) is 0 Å². The van der Waals surface area contributed by atoms with Gasteiger partial charge in [-0.25, -0.2) is 13.6 Å². The Balaban J connectivity index is 2.05. The Kier molecular flexibility index (Phi) is 5.12. The Bertz CT molecular complexity index is 585. The zero-order valence-corrected chi connectivity index (χ0v) is 13.8. The summed E-state index contributed by atoms with van der Waals surface area (Å²) in [5, 5.41) is 2.83. The van der Waals surface area contributed by atoms with Crippen molar-refractivity contribution >= 4 is 11.8 Å². The molecule has 0 saturated heterocycles. The molecule has 6 heteroatoms. The molecule has 2 atom stereocenters. The molecule has 1 saturated carbocycles. The summed E-state index contributed by atoms with van der Waals surface area (Å²) < 4.78 is 32.4. The fourth-order valence-corrected chi connectivity index (χ4v) is 3.02. The molecule has 23 heavy (non-hydrogen) atoms. The van der Waals surface area contributed by atoms with E-state index < -0.39 is 23.3 Å². The van der Waals surface area contributed by atoms with Crippen LogP contribution in [0.1, 0.15) is 57.9 Å². The summed E-state index contributed by atoms with van der Waals surface area (Å²) in [4.78, 5) is 11.9. The lowest BCUT2D eigenvalue weighted by molar-refractivity contribution is 0.0490. The zero-order chi connectivity index (χ0) is 17.2. The first-order valence-corrected chi connectivity index (χ1v) is 7.89. The van der Waals surface area contributed by atoms with E-state index in [4.69, 9.17) is 10.5 Å². The van der Waals surface area contributed by atoms with Gasteiger partial charge in [-0.3, -0.25) is 0 Å². The van der Waals surface area contributed by atoms with Crippen LogP contribution in [-0.4, -0.2) is 17.7 Å². The molecule has 0 aromatic heterocycles. The average molecular weight is 326 g/mol. The second-order valence-electron chi connectivity index (χ2n) is 7.10. The number of ether oxygens (including phenoxy) is 1. The Morgan fingerprint density at radius 1 is 1.30 bits per heavy atom. The normalized spacial score (nSPS) is 21.8. The van der Waals surface area contributed by atoms with E-state index in [2.05, 4.69) is 5.32 Å². The zero-order valence-electron chi connectivity index (χ0n) is 13.8. The van der Waals surface area contributed by atoms with Gasteiger partial charge < -0.3 is 15.8 Å². The molecule has 1 fully saturated rings. The van der Waals surface area contributed by atoms with Crippen LogP contribution in [0.2, 0.25) is 0 Å². The Hall–Kier alpha value is -1.85. The van der Waals surface area contributed by atoms with Crippen molar-refractivity contribution in [3.63, 3.8) is 0 Å². The first kappa shape index (κ1) is 17.5. The summed E-state index contributed by atoms with van der Waals surface area (Å²) in [6, 6.07) is 1.99. The molecular weight excluding hydrogens is 302 g/mol. The largest absolute Gasteiger partial charge is 0.444 e. The summed E-state index contributed by atoms with van der Waals surface area (Å²) >= 11 is 0. The lowest BCUT2D eigenvalue weighted by Crippen LogP contribution is -2.41. The van der Waals surface area contributed by atoms with E-state index in [1.165, 1.54) is 6.07 Å². The molecule has 0 spiro atoms. The second kappa shape index (κ2) is 6.72. The number of rotatable bonds is 2. The molecule has 0 heterocycles. The number of nitrogens with one attached hydrogen (secondary N) is 1. The maximum atomic E-state index is 13.6. The van der Waals surface area contributed by atoms with Gasteiger partial charge in [-0.05, 0) is 57.6 Å². The van der Waals surface area contributed by atoms with Gasteiger partial charge in [0.2, 0.25) is 0 Å². The van der Waals surface area contributed by atoms with Crippen molar-refractivity contribution in [3.05, 3.63) is 29.3 Å². The van der Waals surface area contributed by atoms with Crippen LogP contribution >= 0.6 is 0 Å². The number of benzene rings is 1. The van der Waals surface area contributed by atoms with Gasteiger partial charge in [0.25, 0.3) is 0 Å². The molecule has 0 bridgehead atoms. The summed E-state index contributed by atoms with van der Waals surface area (Å²) in [7, 11) is 0. The van der Waals surface area contributed by atoms with E-state index >= 15 is 0 Å². The number of amides is 1. The number of nitrogens with two attached hydrogens (primary N) is 1. The standard InChI is InChI=1S/C17H24F2N2O2/c1-17(2,3)23-16(22)21-12-6-4-5-10(7-12)13-8-11(18)9-14(19)15(13)20/h8-10,12H,4-7,20H2,1-3H3,(H,21,22)/t10-,12+/m0/s1. The van der Waals surface area contributed by atoms with Gasteiger partial charge >= 0.3 is 6.09 Å². The highest BCUT2D eigenvalue weighted by Crippen LogP contribution is 2.37. The van der Waals surface area contributed by atoms with E-state index in [0.717, 1.165) is 25.3 Å². The number of nitrogen functional groups attached to an aromatic ring is 1. The predicted octanol–water partition coefficient (Wildman–Crippen LogP) is 4.10. The smallest absolute Gasteiger partial charge is 0.407 e. The molecule has 2 rings (SSSR count). The minimum absolute atomic E-state index is 0.00526. The Labute approximate surface area is 135 Å². The molecule has 1 aliphatic rings. The van der Waals surface area contributed by atoms with Crippen molar-refractivity contribution < 1.29 is 18.3 Å². The van der Waals surface area contributed by atoms with E-state index in [-0.39, 0.29) is 17.6 Å². The predicted molar refractivity (Wildman–Crippen MR) is 85.1 cm³/mol. The quantitative estimate of drug-likeness (QED) is 0.804. The fraction of sp³-hybridized carbons (Fsp3) is 0.588. The van der Waals surface area contributed by atoms with Gasteiger partial charge in [0.05, 0.1) is 5.69 Å². The molecule has 1 amide bonds. The summed E-state index contributed by atoms with van der Waals surface area (Å²) in [5.74, 6) is -1.44. The summed E-state index contributed by atoms with van der Waals surface area (Å²) in [6.45, 7) is 5.39. The van der Waals surface area contributed by atoms with E-state index in [9.17, 15) is 13.6 Å². The molecule has 3 N–H and O–H groups in total. The third-order valence-corrected chi connectivity index (χ3v) is 3.96. The van der Waals surface area contributed by atoms with Gasteiger partial charge in [0.1, 0.15) is 17.2 Å². The number of anilines is 1. The molecule has 4 nitrogen and oxygen atoms in total. The van der Waals surface area contributed by atoms with Crippen LogP contribution in [0.4, 0.5) is 19.3 Å². The second-order valence-corrected chi connectivity index (χ2v) is 7.10. The number of halogens is 2. The molecule has 0 unspecified atom stereocenters. The van der Waals surface area contributed by atoms with Gasteiger partial charge in [-0.2, -0.15) is 0 Å². The third-order valence-electron chi connectivity index (χ3n) is 3.96. The molecule has 128 valence electrons. The third kappa shape index (κ3) is 4.81. The lowest BCUT2D eigenvalue weighted by Gasteiger charge is -2.31. The average Bonchev–Trinajstić information content (AvgIpc) is 2.41. The fourth-order valence-electron chi connectivity index (χ4n) is 3.02. The van der Waals surface area contributed by atoms with Gasteiger partial charge in [-0.1, -0.05) is 6.42 Å². The number of hydrogen-bond acceptors (Lipinski definition) is 3. The first-order valence-electron chi connectivity index (χ1n) is 7.89. The van der Waals surface area contributed by atoms with Crippen LogP contribution in [0, 0.1) is 11.6 Å². The molecule has 0 radical (unpaired) electrons.